The molecule has 0 saturated carbocycles. The molecule has 0 heterocycles. The molecule has 0 bridgehead atoms. The third-order valence-electron chi connectivity index (χ3n) is 2.08. The third kappa shape index (κ3) is 7.73. The summed E-state index contributed by atoms with van der Waals surface area (Å²) in [6, 6.07) is 0. The first-order chi connectivity index (χ1) is 6.70. The van der Waals surface area contributed by atoms with Gasteiger partial charge >= 0.3 is 0 Å². The van der Waals surface area contributed by atoms with E-state index in [4.69, 9.17) is 15.9 Å². The summed E-state index contributed by atoms with van der Waals surface area (Å²) < 4.78 is 4.63. The average Bonchev–Trinajstić information content (AvgIpc) is 2.22. The molecule has 0 aromatic rings. The van der Waals surface area contributed by atoms with E-state index in [2.05, 4.69) is 4.74 Å². The number of hydrogen-bond acceptors (Lipinski definition) is 2. The van der Waals surface area contributed by atoms with Gasteiger partial charge in [-0.25, -0.2) is 0 Å². The molecule has 4 heteroatoms. The van der Waals surface area contributed by atoms with Crippen LogP contribution in [0.1, 0.15) is 38.5 Å². The van der Waals surface area contributed by atoms with Crippen molar-refractivity contribution in [1.82, 2.24) is 0 Å². The van der Waals surface area contributed by atoms with Crippen LogP contribution >= 0.6 is 0 Å². The number of ether oxygens (including phenoxy) is 1. The lowest BCUT2D eigenvalue weighted by Gasteiger charge is -2.09. The van der Waals surface area contributed by atoms with E-state index in [9.17, 15) is 0 Å². The van der Waals surface area contributed by atoms with E-state index < -0.39 is 0 Å². The van der Waals surface area contributed by atoms with Crippen LogP contribution in [0.15, 0.2) is 0 Å². The number of aliphatic hydroxyl groups excluding tert-OH is 1. The molecule has 0 aromatic heterocycles. The van der Waals surface area contributed by atoms with Crippen molar-refractivity contribution < 1.29 is 15.3 Å². The Balaban J connectivity index is 3.14. The zero-order chi connectivity index (χ0) is 10.8. The Kier molecular flexibility index (Phi) is 8.13. The minimum atomic E-state index is -0.0156. The molecule has 0 rings (SSSR count). The molecule has 0 saturated heterocycles. The van der Waals surface area contributed by atoms with Gasteiger partial charge in [0.05, 0.1) is 7.11 Å². The van der Waals surface area contributed by atoms with Gasteiger partial charge in [-0.05, 0) is 25.2 Å². The Morgan fingerprint density at radius 1 is 1.21 bits per heavy atom. The Morgan fingerprint density at radius 2 is 1.79 bits per heavy atom. The van der Waals surface area contributed by atoms with Crippen LogP contribution < -0.4 is 5.41 Å². The third-order valence-corrected chi connectivity index (χ3v) is 2.08. The van der Waals surface area contributed by atoms with Crippen molar-refractivity contribution in [3.63, 3.8) is 0 Å². The second-order valence-corrected chi connectivity index (χ2v) is 3.33. The summed E-state index contributed by atoms with van der Waals surface area (Å²) in [6.45, 7) is -0.0156. The molecule has 0 aliphatic carbocycles. The highest BCUT2D eigenvalue weighted by atomic mass is 16.5. The normalized spacial score (nSPS) is 9.86. The molecule has 0 unspecified atom stereocenters. The van der Waals surface area contributed by atoms with Crippen LogP contribution in [0.4, 0.5) is 0 Å². The highest BCUT2D eigenvalue weighted by Crippen LogP contribution is 2.06. The summed E-state index contributed by atoms with van der Waals surface area (Å²) in [6.07, 6.45) is 5.44. The second kappa shape index (κ2) is 8.69. The SMILES string of the molecule is COC(=[N-])CCCCCCC(=[NH2+])CO. The molecule has 0 aromatic carbocycles. The highest BCUT2D eigenvalue weighted by molar-refractivity contribution is 5.79. The van der Waals surface area contributed by atoms with E-state index >= 15 is 0 Å². The highest BCUT2D eigenvalue weighted by Gasteiger charge is 1.99. The fourth-order valence-electron chi connectivity index (χ4n) is 1.16. The van der Waals surface area contributed by atoms with Gasteiger partial charge < -0.3 is 15.3 Å². The molecule has 0 aliphatic rings. The maximum atomic E-state index is 8.98. The topological polar surface area (TPSA) is 77.4 Å². The summed E-state index contributed by atoms with van der Waals surface area (Å²) in [4.78, 5) is 0. The van der Waals surface area contributed by atoms with Crippen LogP contribution in [0.5, 0.6) is 0 Å². The van der Waals surface area contributed by atoms with E-state index in [1.165, 1.54) is 7.11 Å². The van der Waals surface area contributed by atoms with Gasteiger partial charge in [-0.3, -0.25) is 5.41 Å². The van der Waals surface area contributed by atoms with Crippen molar-refractivity contribution in [3.05, 3.63) is 5.41 Å². The van der Waals surface area contributed by atoms with Crippen molar-refractivity contribution in [1.29, 1.82) is 0 Å². The Morgan fingerprint density at radius 3 is 2.29 bits per heavy atom. The zero-order valence-electron chi connectivity index (χ0n) is 8.83. The van der Waals surface area contributed by atoms with E-state index in [1.807, 2.05) is 0 Å². The van der Waals surface area contributed by atoms with Crippen LogP contribution in [0.25, 0.3) is 5.41 Å². The van der Waals surface area contributed by atoms with E-state index in [0.717, 1.165) is 32.1 Å². The Hall–Kier alpha value is -0.900. The van der Waals surface area contributed by atoms with Crippen LogP contribution in [0, 0.1) is 0 Å². The predicted octanol–water partition coefficient (Wildman–Crippen LogP) is 0.134. The van der Waals surface area contributed by atoms with Crippen molar-refractivity contribution in [2.24, 2.45) is 0 Å². The summed E-state index contributed by atoms with van der Waals surface area (Å²) >= 11 is 0. The molecular weight excluding hydrogens is 180 g/mol. The van der Waals surface area contributed by atoms with Gasteiger partial charge in [-0.15, -0.1) is 0 Å². The van der Waals surface area contributed by atoms with Gasteiger partial charge in [0.15, 0.2) is 5.71 Å². The molecule has 82 valence electrons. The molecular formula is C10H20N2O2. The number of unbranched alkanes of at least 4 members (excludes halogenated alkanes) is 3. The predicted molar refractivity (Wildman–Crippen MR) is 57.1 cm³/mol. The largest absolute Gasteiger partial charge is 0.775 e. The maximum Gasteiger partial charge on any atom is 0.174 e. The summed E-state index contributed by atoms with van der Waals surface area (Å²) in [5.74, 6) is 0.103. The quantitative estimate of drug-likeness (QED) is 0.332. The monoisotopic (exact) mass is 200 g/mol. The van der Waals surface area contributed by atoms with Crippen molar-refractivity contribution in [2.45, 2.75) is 38.5 Å². The molecule has 3 N–H and O–H groups in total. The van der Waals surface area contributed by atoms with Gasteiger partial charge in [0.2, 0.25) is 0 Å². The summed E-state index contributed by atoms with van der Waals surface area (Å²) in [5.41, 5.74) is 0.649. The van der Waals surface area contributed by atoms with E-state index in [1.54, 1.807) is 0 Å². The first kappa shape index (κ1) is 13.1. The van der Waals surface area contributed by atoms with Gasteiger partial charge in [0.1, 0.15) is 6.61 Å². The number of rotatable bonds is 8. The number of hydrogen-bond donors (Lipinski definition) is 2. The molecule has 0 spiro atoms. The molecule has 4 nitrogen and oxygen atoms in total. The van der Waals surface area contributed by atoms with Gasteiger partial charge in [-0.2, -0.15) is 0 Å². The van der Waals surface area contributed by atoms with Gasteiger partial charge in [0.25, 0.3) is 0 Å². The van der Waals surface area contributed by atoms with Crippen molar-refractivity contribution >= 4 is 11.6 Å². The lowest BCUT2D eigenvalue weighted by molar-refractivity contribution is -0.121. The van der Waals surface area contributed by atoms with Crippen molar-refractivity contribution in [2.75, 3.05) is 13.7 Å². The van der Waals surface area contributed by atoms with Crippen LogP contribution in [0.3, 0.4) is 0 Å². The smallest absolute Gasteiger partial charge is 0.174 e. The average molecular weight is 200 g/mol. The molecule has 0 fully saturated rings. The Labute approximate surface area is 85.3 Å². The molecule has 0 radical (unpaired) electrons. The first-order valence-corrected chi connectivity index (χ1v) is 5.00. The van der Waals surface area contributed by atoms with E-state index in [-0.39, 0.29) is 12.5 Å². The van der Waals surface area contributed by atoms with Crippen LogP contribution in [-0.4, -0.2) is 30.4 Å². The van der Waals surface area contributed by atoms with Gasteiger partial charge in [-0.1, -0.05) is 12.8 Å². The van der Waals surface area contributed by atoms with Gasteiger partial charge in [0, 0.05) is 6.42 Å². The minimum Gasteiger partial charge on any atom is -0.775 e. The summed E-state index contributed by atoms with van der Waals surface area (Å²) in [7, 11) is 1.46. The number of nitrogens with zero attached hydrogens (tertiary/aromatic N) is 1. The Bertz CT molecular complexity index is 161. The maximum absolute atomic E-state index is 8.98. The first-order valence-electron chi connectivity index (χ1n) is 5.00. The van der Waals surface area contributed by atoms with Crippen LogP contribution in [0.2, 0.25) is 0 Å². The lowest BCUT2D eigenvalue weighted by atomic mass is 10.1. The fraction of sp³-hybridized carbons (Fsp3) is 0.800. The zero-order valence-corrected chi connectivity index (χ0v) is 8.83. The summed E-state index contributed by atoms with van der Waals surface area (Å²) in [5, 5.41) is 23.1. The minimum absolute atomic E-state index is 0.0156. The number of nitrogens with two attached hydrogens (primary N) is 1. The van der Waals surface area contributed by atoms with E-state index in [0.29, 0.717) is 12.1 Å². The molecule has 0 amide bonds. The van der Waals surface area contributed by atoms with Crippen LogP contribution in [-0.2, 0) is 4.74 Å². The second-order valence-electron chi connectivity index (χ2n) is 3.33. The molecule has 0 aliphatic heterocycles. The number of aliphatic hydroxyl groups is 1. The number of methoxy groups -OCH3 is 1. The standard InChI is InChI=1S/C10H19N2O2/c1-14-10(12)7-5-3-2-4-6-9(11)8-13/h11,13H,2-8H2,1H3/q-1/p+1. The van der Waals surface area contributed by atoms with Crippen molar-refractivity contribution in [3.8, 4) is 0 Å². The molecule has 14 heavy (non-hydrogen) atoms. The fourth-order valence-corrected chi connectivity index (χ4v) is 1.16. The molecule has 0 atom stereocenters. The lowest BCUT2D eigenvalue weighted by Crippen LogP contribution is -2.41.